The van der Waals surface area contributed by atoms with Crippen LogP contribution >= 0.6 is 0 Å². The Kier molecular flexibility index (Phi) is 6.65. The first kappa shape index (κ1) is 17.1. The first-order valence-electron chi connectivity index (χ1n) is 8.15. The van der Waals surface area contributed by atoms with Crippen molar-refractivity contribution in [3.05, 3.63) is 23.9 Å². The molecular formula is C16H25N5O2. The Labute approximate surface area is 136 Å². The van der Waals surface area contributed by atoms with Gasteiger partial charge in [0.15, 0.2) is 0 Å². The zero-order valence-corrected chi connectivity index (χ0v) is 13.4. The summed E-state index contributed by atoms with van der Waals surface area (Å²) in [5.41, 5.74) is 5.94. The van der Waals surface area contributed by atoms with Gasteiger partial charge in [0, 0.05) is 38.8 Å². The summed E-state index contributed by atoms with van der Waals surface area (Å²) < 4.78 is 0. The highest BCUT2D eigenvalue weighted by atomic mass is 16.2. The van der Waals surface area contributed by atoms with E-state index in [1.54, 1.807) is 6.20 Å². The number of hydrogen-bond donors (Lipinski definition) is 3. The molecule has 1 saturated heterocycles. The third-order valence-corrected chi connectivity index (χ3v) is 3.85. The second kappa shape index (κ2) is 8.97. The third kappa shape index (κ3) is 6.14. The number of carbonyl (C=O) groups excluding carboxylic acids is 2. The van der Waals surface area contributed by atoms with Gasteiger partial charge < -0.3 is 21.3 Å². The van der Waals surface area contributed by atoms with Crippen LogP contribution in [0.25, 0.3) is 0 Å². The molecule has 0 spiro atoms. The fourth-order valence-corrected chi connectivity index (χ4v) is 2.55. The summed E-state index contributed by atoms with van der Waals surface area (Å²) in [5, 5.41) is 5.30. The van der Waals surface area contributed by atoms with Crippen molar-refractivity contribution >= 4 is 17.8 Å². The van der Waals surface area contributed by atoms with Gasteiger partial charge >= 0.3 is 6.03 Å². The number of nitrogens with one attached hydrogen (secondary N) is 2. The molecule has 2 heterocycles. The fourth-order valence-electron chi connectivity index (χ4n) is 2.55. The number of urea groups is 1. The van der Waals surface area contributed by atoms with Crippen molar-refractivity contribution in [2.24, 2.45) is 5.73 Å². The van der Waals surface area contributed by atoms with E-state index < -0.39 is 5.91 Å². The molecule has 23 heavy (non-hydrogen) atoms. The van der Waals surface area contributed by atoms with Gasteiger partial charge in [-0.15, -0.1) is 0 Å². The number of nitrogens with zero attached hydrogens (tertiary/aromatic N) is 2. The van der Waals surface area contributed by atoms with Crippen molar-refractivity contribution in [1.82, 2.24) is 15.6 Å². The van der Waals surface area contributed by atoms with Crippen LogP contribution in [0, 0.1) is 0 Å². The van der Waals surface area contributed by atoms with Gasteiger partial charge in [-0.3, -0.25) is 4.79 Å². The predicted octanol–water partition coefficient (Wildman–Crippen LogP) is 1.14. The molecule has 2 rings (SSSR count). The molecule has 1 aromatic heterocycles. The topological polar surface area (TPSA) is 100 Å². The summed E-state index contributed by atoms with van der Waals surface area (Å²) in [6.07, 6.45) is 6.96. The van der Waals surface area contributed by atoms with Crippen molar-refractivity contribution < 1.29 is 9.59 Å². The first-order chi connectivity index (χ1) is 11.1. The Balaban J connectivity index is 1.76. The molecule has 0 unspecified atom stereocenters. The number of nitrogens with two attached hydrogens (primary N) is 1. The standard InChI is InChI=1S/C16H25N5O2/c17-14(22)7-8-18-16(23)20-12-13-5-6-15(19-11-13)21-9-3-1-2-4-10-21/h5-6,11H,1-4,7-10,12H2,(H2,17,22)(H2,18,20,23). The molecule has 1 aromatic rings. The molecule has 7 heteroatoms. The number of hydrogen-bond acceptors (Lipinski definition) is 4. The normalized spacial score (nSPS) is 14.9. The Morgan fingerprint density at radius 1 is 1.13 bits per heavy atom. The number of carbonyl (C=O) groups is 2. The number of primary amides is 1. The SMILES string of the molecule is NC(=O)CCNC(=O)NCc1ccc(N2CCCCCC2)nc1. The van der Waals surface area contributed by atoms with Crippen LogP contribution in [-0.2, 0) is 11.3 Å². The minimum Gasteiger partial charge on any atom is -0.370 e. The minimum absolute atomic E-state index is 0.138. The average Bonchev–Trinajstić information content (AvgIpc) is 2.82. The van der Waals surface area contributed by atoms with Crippen LogP contribution in [-0.4, -0.2) is 36.6 Å². The summed E-state index contributed by atoms with van der Waals surface area (Å²) in [7, 11) is 0. The van der Waals surface area contributed by atoms with Gasteiger partial charge in [0.2, 0.25) is 5.91 Å². The van der Waals surface area contributed by atoms with Crippen molar-refractivity contribution in [1.29, 1.82) is 0 Å². The molecule has 7 nitrogen and oxygen atoms in total. The molecule has 1 fully saturated rings. The van der Waals surface area contributed by atoms with E-state index in [2.05, 4.69) is 20.5 Å². The first-order valence-corrected chi connectivity index (χ1v) is 8.15. The molecule has 126 valence electrons. The number of anilines is 1. The van der Waals surface area contributed by atoms with Crippen LogP contribution in [0.2, 0.25) is 0 Å². The van der Waals surface area contributed by atoms with Gasteiger partial charge in [0.25, 0.3) is 0 Å². The molecule has 1 aliphatic rings. The maximum Gasteiger partial charge on any atom is 0.315 e. The summed E-state index contributed by atoms with van der Waals surface area (Å²) in [6.45, 7) is 2.77. The minimum atomic E-state index is -0.432. The zero-order valence-electron chi connectivity index (χ0n) is 13.4. The van der Waals surface area contributed by atoms with Gasteiger partial charge in [-0.05, 0) is 24.5 Å². The van der Waals surface area contributed by atoms with Crippen LogP contribution in [0.1, 0.15) is 37.7 Å². The van der Waals surface area contributed by atoms with E-state index in [0.29, 0.717) is 6.54 Å². The van der Waals surface area contributed by atoms with Crippen molar-refractivity contribution in [3.8, 4) is 0 Å². The van der Waals surface area contributed by atoms with Gasteiger partial charge in [0.1, 0.15) is 5.82 Å². The number of rotatable bonds is 6. The maximum atomic E-state index is 11.5. The molecule has 4 N–H and O–H groups in total. The van der Waals surface area contributed by atoms with Crippen molar-refractivity contribution in [2.75, 3.05) is 24.5 Å². The van der Waals surface area contributed by atoms with E-state index in [9.17, 15) is 9.59 Å². The maximum absolute atomic E-state index is 11.5. The second-order valence-corrected chi connectivity index (χ2v) is 5.75. The van der Waals surface area contributed by atoms with Gasteiger partial charge in [0.05, 0.1) is 0 Å². The van der Waals surface area contributed by atoms with E-state index in [4.69, 9.17) is 5.73 Å². The van der Waals surface area contributed by atoms with E-state index in [1.165, 1.54) is 25.7 Å². The lowest BCUT2D eigenvalue weighted by Crippen LogP contribution is -2.36. The monoisotopic (exact) mass is 319 g/mol. The lowest BCUT2D eigenvalue weighted by molar-refractivity contribution is -0.117. The second-order valence-electron chi connectivity index (χ2n) is 5.75. The average molecular weight is 319 g/mol. The molecule has 0 saturated carbocycles. The van der Waals surface area contributed by atoms with Gasteiger partial charge in [-0.25, -0.2) is 9.78 Å². The number of amides is 3. The van der Waals surface area contributed by atoms with E-state index in [1.807, 2.05) is 12.1 Å². The summed E-state index contributed by atoms with van der Waals surface area (Å²) in [5.74, 6) is 0.570. The molecule has 0 atom stereocenters. The van der Waals surface area contributed by atoms with Gasteiger partial charge in [-0.1, -0.05) is 18.9 Å². The molecule has 0 bridgehead atoms. The van der Waals surface area contributed by atoms with E-state index >= 15 is 0 Å². The lowest BCUT2D eigenvalue weighted by atomic mass is 10.2. The van der Waals surface area contributed by atoms with Crippen LogP contribution in [0.4, 0.5) is 10.6 Å². The highest BCUT2D eigenvalue weighted by Gasteiger charge is 2.10. The van der Waals surface area contributed by atoms with Crippen LogP contribution in [0.15, 0.2) is 18.3 Å². The number of aromatic nitrogens is 1. The van der Waals surface area contributed by atoms with Crippen LogP contribution in [0.3, 0.4) is 0 Å². The summed E-state index contributed by atoms with van der Waals surface area (Å²) in [4.78, 5) is 29.0. The van der Waals surface area contributed by atoms with Crippen LogP contribution < -0.4 is 21.3 Å². The fraction of sp³-hybridized carbons (Fsp3) is 0.562. The van der Waals surface area contributed by atoms with Crippen LogP contribution in [0.5, 0.6) is 0 Å². The smallest absolute Gasteiger partial charge is 0.315 e. The Hall–Kier alpha value is -2.31. The lowest BCUT2D eigenvalue weighted by Gasteiger charge is -2.21. The van der Waals surface area contributed by atoms with Crippen molar-refractivity contribution in [2.45, 2.75) is 38.6 Å². The number of pyridine rings is 1. The van der Waals surface area contributed by atoms with E-state index in [0.717, 1.165) is 24.5 Å². The Morgan fingerprint density at radius 2 is 1.87 bits per heavy atom. The third-order valence-electron chi connectivity index (χ3n) is 3.85. The largest absolute Gasteiger partial charge is 0.370 e. The Bertz CT molecular complexity index is 510. The highest BCUT2D eigenvalue weighted by molar-refractivity contribution is 5.76. The Morgan fingerprint density at radius 3 is 2.48 bits per heavy atom. The predicted molar refractivity (Wildman–Crippen MR) is 89.0 cm³/mol. The summed E-state index contributed by atoms with van der Waals surface area (Å²) >= 11 is 0. The quantitative estimate of drug-likeness (QED) is 0.732. The van der Waals surface area contributed by atoms with Crippen molar-refractivity contribution in [3.63, 3.8) is 0 Å². The van der Waals surface area contributed by atoms with Gasteiger partial charge in [-0.2, -0.15) is 0 Å². The molecule has 0 aromatic carbocycles. The van der Waals surface area contributed by atoms with E-state index in [-0.39, 0.29) is 19.0 Å². The summed E-state index contributed by atoms with van der Waals surface area (Å²) in [6, 6.07) is 3.67. The molecule has 0 aliphatic carbocycles. The highest BCUT2D eigenvalue weighted by Crippen LogP contribution is 2.17. The zero-order chi connectivity index (χ0) is 16.5. The molecule has 3 amide bonds. The molecular weight excluding hydrogens is 294 g/mol. The molecule has 0 radical (unpaired) electrons. The molecule has 1 aliphatic heterocycles.